The third-order valence-electron chi connectivity index (χ3n) is 3.04. The van der Waals surface area contributed by atoms with E-state index in [1.54, 1.807) is 24.3 Å². The number of rotatable bonds is 4. The van der Waals surface area contributed by atoms with Crippen LogP contribution in [0.1, 0.15) is 0 Å². The Morgan fingerprint density at radius 1 is 1.13 bits per heavy atom. The molecule has 1 aromatic heterocycles. The molecule has 0 aliphatic carbocycles. The SMILES string of the molecule is COc1ccc(S(=O)(=O)Nc2nc3c(Cl)c(Cl)ccc3s2)cc1. The molecule has 0 saturated heterocycles. The Morgan fingerprint density at radius 3 is 2.48 bits per heavy atom. The maximum absolute atomic E-state index is 12.4. The molecule has 0 atom stereocenters. The monoisotopic (exact) mass is 388 g/mol. The van der Waals surface area contributed by atoms with E-state index < -0.39 is 10.0 Å². The Morgan fingerprint density at radius 2 is 1.83 bits per heavy atom. The number of hydrogen-bond donors (Lipinski definition) is 1. The van der Waals surface area contributed by atoms with Crippen molar-refractivity contribution >= 4 is 59.9 Å². The molecule has 1 heterocycles. The molecule has 0 aliphatic rings. The number of nitrogens with one attached hydrogen (secondary N) is 1. The molecule has 3 aromatic rings. The minimum Gasteiger partial charge on any atom is -0.497 e. The summed E-state index contributed by atoms with van der Waals surface area (Å²) in [7, 11) is -2.23. The van der Waals surface area contributed by atoms with Gasteiger partial charge in [-0.2, -0.15) is 0 Å². The molecule has 23 heavy (non-hydrogen) atoms. The van der Waals surface area contributed by atoms with Gasteiger partial charge in [0, 0.05) is 0 Å². The third kappa shape index (κ3) is 3.23. The third-order valence-corrected chi connectivity index (χ3v) is 6.26. The maximum Gasteiger partial charge on any atom is 0.263 e. The van der Waals surface area contributed by atoms with Crippen molar-refractivity contribution in [2.24, 2.45) is 0 Å². The average molecular weight is 389 g/mol. The summed E-state index contributed by atoms with van der Waals surface area (Å²) in [5, 5.41) is 0.893. The van der Waals surface area contributed by atoms with Crippen molar-refractivity contribution in [2.75, 3.05) is 11.8 Å². The predicted molar refractivity (Wildman–Crippen MR) is 93.4 cm³/mol. The maximum atomic E-state index is 12.4. The van der Waals surface area contributed by atoms with Crippen LogP contribution in [0.25, 0.3) is 10.2 Å². The summed E-state index contributed by atoms with van der Waals surface area (Å²) < 4.78 is 33.0. The molecule has 0 saturated carbocycles. The Labute approximate surface area is 146 Å². The molecule has 0 unspecified atom stereocenters. The van der Waals surface area contributed by atoms with E-state index >= 15 is 0 Å². The first kappa shape index (κ1) is 16.3. The van der Waals surface area contributed by atoms with E-state index in [4.69, 9.17) is 27.9 Å². The lowest BCUT2D eigenvalue weighted by molar-refractivity contribution is 0.414. The predicted octanol–water partition coefficient (Wildman–Crippen LogP) is 4.41. The standard InChI is InChI=1S/C14H10Cl2N2O3S2/c1-21-8-2-4-9(5-3-8)23(19,20)18-14-17-13-11(22-14)7-6-10(15)12(13)16/h2-7H,1H3,(H,17,18). The molecule has 1 N–H and O–H groups in total. The minimum absolute atomic E-state index is 0.113. The van der Waals surface area contributed by atoms with Gasteiger partial charge in [-0.05, 0) is 36.4 Å². The summed E-state index contributed by atoms with van der Waals surface area (Å²) in [4.78, 5) is 4.32. The minimum atomic E-state index is -3.74. The zero-order valence-corrected chi connectivity index (χ0v) is 14.9. The quantitative estimate of drug-likeness (QED) is 0.718. The smallest absolute Gasteiger partial charge is 0.263 e. The number of halogens is 2. The van der Waals surface area contributed by atoms with E-state index in [0.29, 0.717) is 21.3 Å². The van der Waals surface area contributed by atoms with Crippen LogP contribution in [0, 0.1) is 0 Å². The fourth-order valence-electron chi connectivity index (χ4n) is 1.91. The lowest BCUT2D eigenvalue weighted by Crippen LogP contribution is -2.12. The molecule has 0 bridgehead atoms. The van der Waals surface area contributed by atoms with Gasteiger partial charge in [0.2, 0.25) is 0 Å². The Hall–Kier alpha value is -1.54. The van der Waals surface area contributed by atoms with Crippen molar-refractivity contribution in [2.45, 2.75) is 4.90 Å². The number of benzene rings is 2. The van der Waals surface area contributed by atoms with E-state index in [-0.39, 0.29) is 10.0 Å². The normalized spacial score (nSPS) is 11.6. The van der Waals surface area contributed by atoms with Crippen LogP contribution < -0.4 is 9.46 Å². The Bertz CT molecular complexity index is 970. The van der Waals surface area contributed by atoms with Crippen molar-refractivity contribution in [1.82, 2.24) is 4.98 Å². The lowest BCUT2D eigenvalue weighted by atomic mass is 10.3. The zero-order chi connectivity index (χ0) is 16.6. The van der Waals surface area contributed by atoms with Gasteiger partial charge < -0.3 is 4.74 Å². The van der Waals surface area contributed by atoms with Crippen LogP contribution in [0.3, 0.4) is 0 Å². The summed E-state index contributed by atoms with van der Waals surface area (Å²) in [5.74, 6) is 0.574. The first-order valence-electron chi connectivity index (χ1n) is 6.32. The molecule has 120 valence electrons. The number of methoxy groups -OCH3 is 1. The van der Waals surface area contributed by atoms with Gasteiger partial charge in [-0.3, -0.25) is 4.72 Å². The largest absolute Gasteiger partial charge is 0.497 e. The molecule has 0 aliphatic heterocycles. The second kappa shape index (κ2) is 6.16. The summed E-state index contributed by atoms with van der Waals surface area (Å²) in [6, 6.07) is 9.45. The summed E-state index contributed by atoms with van der Waals surface area (Å²) in [6.07, 6.45) is 0. The van der Waals surface area contributed by atoms with Gasteiger partial charge in [0.1, 0.15) is 11.3 Å². The highest BCUT2D eigenvalue weighted by Crippen LogP contribution is 2.35. The topological polar surface area (TPSA) is 68.3 Å². The second-order valence-corrected chi connectivity index (χ2v) is 8.01. The van der Waals surface area contributed by atoms with Crippen molar-refractivity contribution in [3.05, 3.63) is 46.4 Å². The van der Waals surface area contributed by atoms with E-state index in [9.17, 15) is 8.42 Å². The molecule has 5 nitrogen and oxygen atoms in total. The fourth-order valence-corrected chi connectivity index (χ4v) is 4.43. The molecule has 9 heteroatoms. The van der Waals surface area contributed by atoms with Crippen molar-refractivity contribution in [3.63, 3.8) is 0 Å². The van der Waals surface area contributed by atoms with Gasteiger partial charge in [0.15, 0.2) is 5.13 Å². The van der Waals surface area contributed by atoms with Crippen LogP contribution in [-0.4, -0.2) is 20.5 Å². The van der Waals surface area contributed by atoms with Crippen molar-refractivity contribution in [3.8, 4) is 5.75 Å². The lowest BCUT2D eigenvalue weighted by Gasteiger charge is -2.05. The van der Waals surface area contributed by atoms with Gasteiger partial charge >= 0.3 is 0 Å². The van der Waals surface area contributed by atoms with Crippen LogP contribution in [0.5, 0.6) is 5.75 Å². The number of fused-ring (bicyclic) bond motifs is 1. The number of nitrogens with zero attached hydrogens (tertiary/aromatic N) is 1. The van der Waals surface area contributed by atoms with Gasteiger partial charge in [0.25, 0.3) is 10.0 Å². The number of ether oxygens (including phenoxy) is 1. The molecule has 0 amide bonds. The number of anilines is 1. The number of thiazole rings is 1. The highest BCUT2D eigenvalue weighted by Gasteiger charge is 2.18. The molecular formula is C14H10Cl2N2O3S2. The van der Waals surface area contributed by atoms with Crippen LogP contribution in [-0.2, 0) is 10.0 Å². The summed E-state index contributed by atoms with van der Waals surface area (Å²) >= 11 is 13.2. The first-order chi connectivity index (χ1) is 10.9. The summed E-state index contributed by atoms with van der Waals surface area (Å²) in [5.41, 5.74) is 0.469. The Kier molecular flexibility index (Phi) is 4.37. The highest BCUT2D eigenvalue weighted by molar-refractivity contribution is 7.93. The van der Waals surface area contributed by atoms with Gasteiger partial charge in [-0.1, -0.05) is 34.5 Å². The van der Waals surface area contributed by atoms with Crippen LogP contribution in [0.4, 0.5) is 5.13 Å². The highest BCUT2D eigenvalue weighted by atomic mass is 35.5. The first-order valence-corrected chi connectivity index (χ1v) is 9.38. The molecule has 3 rings (SSSR count). The second-order valence-electron chi connectivity index (χ2n) is 4.51. The molecule has 0 fully saturated rings. The number of hydrogen-bond acceptors (Lipinski definition) is 5. The van der Waals surface area contributed by atoms with Gasteiger partial charge in [-0.15, -0.1) is 0 Å². The van der Waals surface area contributed by atoms with E-state index in [0.717, 1.165) is 4.70 Å². The van der Waals surface area contributed by atoms with Crippen LogP contribution in [0.2, 0.25) is 10.0 Å². The van der Waals surface area contributed by atoms with Crippen LogP contribution in [0.15, 0.2) is 41.3 Å². The Balaban J connectivity index is 1.95. The van der Waals surface area contributed by atoms with Crippen LogP contribution >= 0.6 is 34.5 Å². The van der Waals surface area contributed by atoms with E-state index in [1.807, 2.05) is 0 Å². The fraction of sp³-hybridized carbons (Fsp3) is 0.0714. The average Bonchev–Trinajstić information content (AvgIpc) is 2.94. The zero-order valence-electron chi connectivity index (χ0n) is 11.7. The summed E-state index contributed by atoms with van der Waals surface area (Å²) in [6.45, 7) is 0. The van der Waals surface area contributed by atoms with E-state index in [2.05, 4.69) is 9.71 Å². The van der Waals surface area contributed by atoms with Crippen molar-refractivity contribution < 1.29 is 13.2 Å². The molecule has 0 spiro atoms. The van der Waals surface area contributed by atoms with Gasteiger partial charge in [-0.25, -0.2) is 13.4 Å². The van der Waals surface area contributed by atoms with Crippen molar-refractivity contribution in [1.29, 1.82) is 0 Å². The van der Waals surface area contributed by atoms with Gasteiger partial charge in [0.05, 0.1) is 26.8 Å². The van der Waals surface area contributed by atoms with E-state index in [1.165, 1.54) is 30.6 Å². The molecular weight excluding hydrogens is 379 g/mol. The number of aromatic nitrogens is 1. The molecule has 0 radical (unpaired) electrons. The number of sulfonamides is 1. The molecule has 2 aromatic carbocycles.